The van der Waals surface area contributed by atoms with Gasteiger partial charge in [0.25, 0.3) is 5.69 Å². The van der Waals surface area contributed by atoms with Crippen LogP contribution < -0.4 is 16.8 Å². The molecule has 0 amide bonds. The van der Waals surface area contributed by atoms with Gasteiger partial charge in [0, 0.05) is 24.3 Å². The zero-order valence-corrected chi connectivity index (χ0v) is 10.7. The molecule has 1 rings (SSSR count). The van der Waals surface area contributed by atoms with Gasteiger partial charge in [-0.15, -0.1) is 0 Å². The molecule has 0 heterocycles. The first-order chi connectivity index (χ1) is 8.43. The number of nitrogens with two attached hydrogens (primary N) is 2. The van der Waals surface area contributed by atoms with Gasteiger partial charge < -0.3 is 16.8 Å². The highest BCUT2D eigenvalue weighted by Crippen LogP contribution is 2.25. The molecule has 0 aliphatic heterocycles. The van der Waals surface area contributed by atoms with Crippen LogP contribution in [0.2, 0.25) is 0 Å². The van der Waals surface area contributed by atoms with E-state index in [4.69, 9.17) is 11.5 Å². The van der Waals surface area contributed by atoms with E-state index in [9.17, 15) is 10.1 Å². The van der Waals surface area contributed by atoms with Crippen LogP contribution in [0, 0.1) is 16.0 Å². The van der Waals surface area contributed by atoms with Crippen LogP contribution in [0.5, 0.6) is 0 Å². The van der Waals surface area contributed by atoms with Crippen molar-refractivity contribution in [2.24, 2.45) is 11.7 Å². The minimum Gasteiger partial charge on any atom is -0.393 e. The number of benzene rings is 1. The molecule has 0 saturated carbocycles. The van der Waals surface area contributed by atoms with E-state index in [0.29, 0.717) is 12.5 Å². The average Bonchev–Trinajstić information content (AvgIpc) is 2.27. The predicted octanol–water partition coefficient (Wildman–Crippen LogP) is 1.96. The molecule has 0 aliphatic carbocycles. The maximum absolute atomic E-state index is 10.6. The van der Waals surface area contributed by atoms with E-state index in [-0.39, 0.29) is 17.4 Å². The van der Waals surface area contributed by atoms with Crippen molar-refractivity contribution in [1.29, 1.82) is 0 Å². The van der Waals surface area contributed by atoms with E-state index in [1.165, 1.54) is 6.07 Å². The number of nitrogen functional groups attached to an aromatic ring is 1. The van der Waals surface area contributed by atoms with Crippen LogP contribution in [0.3, 0.4) is 0 Å². The Balaban J connectivity index is 2.78. The molecule has 0 radical (unpaired) electrons. The van der Waals surface area contributed by atoms with Crippen molar-refractivity contribution < 1.29 is 4.92 Å². The lowest BCUT2D eigenvalue weighted by Crippen LogP contribution is -2.30. The number of anilines is 2. The third-order valence-electron chi connectivity index (χ3n) is 2.64. The first-order valence-electron chi connectivity index (χ1n) is 5.94. The summed E-state index contributed by atoms with van der Waals surface area (Å²) >= 11 is 0. The van der Waals surface area contributed by atoms with Gasteiger partial charge in [-0.2, -0.15) is 0 Å². The topological polar surface area (TPSA) is 107 Å². The van der Waals surface area contributed by atoms with Gasteiger partial charge in [-0.05, 0) is 24.5 Å². The van der Waals surface area contributed by atoms with Gasteiger partial charge in [-0.25, -0.2) is 0 Å². The van der Waals surface area contributed by atoms with E-state index in [1.807, 2.05) is 0 Å². The molecule has 0 aromatic heterocycles. The number of nitro groups is 1. The summed E-state index contributed by atoms with van der Waals surface area (Å²) in [5, 5.41) is 13.9. The molecule has 0 spiro atoms. The number of nitrogens with one attached hydrogen (secondary N) is 1. The molecule has 1 atom stereocenters. The Morgan fingerprint density at radius 2 is 2.11 bits per heavy atom. The normalized spacial score (nSPS) is 12.4. The minimum absolute atomic E-state index is 0.0753. The van der Waals surface area contributed by atoms with Crippen LogP contribution in [-0.2, 0) is 0 Å². The number of nitrogens with zero attached hydrogens (tertiary/aromatic N) is 1. The summed E-state index contributed by atoms with van der Waals surface area (Å²) in [6, 6.07) is 4.77. The lowest BCUT2D eigenvalue weighted by atomic mass is 10.0. The minimum atomic E-state index is -0.492. The molecule has 0 fully saturated rings. The first-order valence-corrected chi connectivity index (χ1v) is 5.94. The van der Waals surface area contributed by atoms with Crippen LogP contribution >= 0.6 is 0 Å². The quantitative estimate of drug-likeness (QED) is 0.407. The molecule has 0 saturated heterocycles. The SMILES string of the molecule is CC(C)CC(CN)Nc1ccc([N+](=O)[O-])c(N)c1. The van der Waals surface area contributed by atoms with Gasteiger partial charge in [-0.1, -0.05) is 13.8 Å². The van der Waals surface area contributed by atoms with E-state index >= 15 is 0 Å². The molecule has 6 heteroatoms. The van der Waals surface area contributed by atoms with Crippen molar-refractivity contribution in [2.75, 3.05) is 17.6 Å². The molecule has 1 aromatic rings. The Morgan fingerprint density at radius 1 is 1.44 bits per heavy atom. The lowest BCUT2D eigenvalue weighted by Gasteiger charge is -2.20. The average molecular weight is 252 g/mol. The maximum atomic E-state index is 10.6. The summed E-state index contributed by atoms with van der Waals surface area (Å²) in [6.45, 7) is 4.75. The molecular formula is C12H20N4O2. The van der Waals surface area contributed by atoms with Crippen molar-refractivity contribution in [3.05, 3.63) is 28.3 Å². The molecule has 1 aromatic carbocycles. The largest absolute Gasteiger partial charge is 0.393 e. The highest BCUT2D eigenvalue weighted by Gasteiger charge is 2.13. The molecule has 6 nitrogen and oxygen atoms in total. The monoisotopic (exact) mass is 252 g/mol. The van der Waals surface area contributed by atoms with Gasteiger partial charge >= 0.3 is 0 Å². The highest BCUT2D eigenvalue weighted by atomic mass is 16.6. The number of rotatable bonds is 6. The van der Waals surface area contributed by atoms with E-state index in [0.717, 1.165) is 12.1 Å². The summed E-state index contributed by atoms with van der Waals surface area (Å²) in [5.74, 6) is 0.529. The summed E-state index contributed by atoms with van der Waals surface area (Å²) in [5.41, 5.74) is 12.2. The Kier molecular flexibility index (Phi) is 4.91. The molecule has 1 unspecified atom stereocenters. The molecule has 18 heavy (non-hydrogen) atoms. The van der Waals surface area contributed by atoms with Gasteiger partial charge in [0.15, 0.2) is 0 Å². The van der Waals surface area contributed by atoms with Gasteiger partial charge in [0.05, 0.1) is 4.92 Å². The van der Waals surface area contributed by atoms with E-state index in [2.05, 4.69) is 19.2 Å². The number of nitro benzene ring substituents is 1. The van der Waals surface area contributed by atoms with Crippen molar-refractivity contribution in [3.8, 4) is 0 Å². The summed E-state index contributed by atoms with van der Waals surface area (Å²) in [7, 11) is 0. The fraction of sp³-hybridized carbons (Fsp3) is 0.500. The third kappa shape index (κ3) is 3.89. The zero-order chi connectivity index (χ0) is 13.7. The fourth-order valence-electron chi connectivity index (χ4n) is 1.83. The summed E-state index contributed by atoms with van der Waals surface area (Å²) < 4.78 is 0. The molecular weight excluding hydrogens is 232 g/mol. The number of hydrogen-bond donors (Lipinski definition) is 3. The van der Waals surface area contributed by atoms with E-state index in [1.54, 1.807) is 12.1 Å². The van der Waals surface area contributed by atoms with Crippen molar-refractivity contribution in [2.45, 2.75) is 26.3 Å². The lowest BCUT2D eigenvalue weighted by molar-refractivity contribution is -0.383. The van der Waals surface area contributed by atoms with Crippen molar-refractivity contribution in [1.82, 2.24) is 0 Å². The Morgan fingerprint density at radius 3 is 2.56 bits per heavy atom. The van der Waals surface area contributed by atoms with Gasteiger partial charge in [-0.3, -0.25) is 10.1 Å². The van der Waals surface area contributed by atoms with Gasteiger partial charge in [0.2, 0.25) is 0 Å². The van der Waals surface area contributed by atoms with Crippen LogP contribution in [0.4, 0.5) is 17.1 Å². The standard InChI is InChI=1S/C12H20N4O2/c1-8(2)5-10(7-13)15-9-3-4-12(16(17)18)11(14)6-9/h3-4,6,8,10,15H,5,7,13-14H2,1-2H3. The fourth-order valence-corrected chi connectivity index (χ4v) is 1.83. The second kappa shape index (κ2) is 6.20. The van der Waals surface area contributed by atoms with Crippen LogP contribution in [-0.4, -0.2) is 17.5 Å². The van der Waals surface area contributed by atoms with Crippen molar-refractivity contribution in [3.63, 3.8) is 0 Å². The smallest absolute Gasteiger partial charge is 0.292 e. The molecule has 100 valence electrons. The highest BCUT2D eigenvalue weighted by molar-refractivity contribution is 5.66. The van der Waals surface area contributed by atoms with Crippen molar-refractivity contribution >= 4 is 17.1 Å². The van der Waals surface area contributed by atoms with E-state index < -0.39 is 4.92 Å². The molecule has 0 aliphatic rings. The van der Waals surface area contributed by atoms with Crippen LogP contribution in [0.1, 0.15) is 20.3 Å². The first kappa shape index (κ1) is 14.2. The Labute approximate surface area is 107 Å². The van der Waals surface area contributed by atoms with Crippen LogP contribution in [0.25, 0.3) is 0 Å². The zero-order valence-electron chi connectivity index (χ0n) is 10.7. The summed E-state index contributed by atoms with van der Waals surface area (Å²) in [4.78, 5) is 10.1. The Hall–Kier alpha value is -1.82. The second-order valence-electron chi connectivity index (χ2n) is 4.74. The third-order valence-corrected chi connectivity index (χ3v) is 2.64. The second-order valence-corrected chi connectivity index (χ2v) is 4.74. The van der Waals surface area contributed by atoms with Crippen LogP contribution in [0.15, 0.2) is 18.2 Å². The molecule has 0 bridgehead atoms. The predicted molar refractivity (Wildman–Crippen MR) is 73.4 cm³/mol. The molecule has 5 N–H and O–H groups in total. The van der Waals surface area contributed by atoms with Gasteiger partial charge in [0.1, 0.15) is 5.69 Å². The number of hydrogen-bond acceptors (Lipinski definition) is 5. The maximum Gasteiger partial charge on any atom is 0.292 e. The summed E-state index contributed by atoms with van der Waals surface area (Å²) in [6.07, 6.45) is 0.938. The Bertz CT molecular complexity index is 421.